The highest BCUT2D eigenvalue weighted by atomic mass is 16.2. The Kier molecular flexibility index (Phi) is 5.99. The van der Waals surface area contributed by atoms with Gasteiger partial charge in [-0.1, -0.05) is 6.92 Å². The summed E-state index contributed by atoms with van der Waals surface area (Å²) >= 11 is 0. The summed E-state index contributed by atoms with van der Waals surface area (Å²) in [5, 5.41) is 2.93. The van der Waals surface area contributed by atoms with E-state index in [-0.39, 0.29) is 17.4 Å². The molecule has 1 saturated heterocycles. The SMILES string of the molecule is C[C@@H]1CCCN(C(=O)C[NH+](C)CC(=O)NC(C)(C)C)C1. The van der Waals surface area contributed by atoms with Gasteiger partial charge >= 0.3 is 0 Å². The van der Waals surface area contributed by atoms with Crippen molar-refractivity contribution >= 4 is 11.8 Å². The van der Waals surface area contributed by atoms with Crippen LogP contribution in [0.5, 0.6) is 0 Å². The maximum atomic E-state index is 12.2. The first kappa shape index (κ1) is 17.0. The fraction of sp³-hybridized carbons (Fsp3) is 0.867. The van der Waals surface area contributed by atoms with Gasteiger partial charge in [0.1, 0.15) is 0 Å². The summed E-state index contributed by atoms with van der Waals surface area (Å²) in [7, 11) is 1.90. The van der Waals surface area contributed by atoms with E-state index in [0.717, 1.165) is 24.4 Å². The highest BCUT2D eigenvalue weighted by molar-refractivity contribution is 5.79. The second-order valence-electron chi connectivity index (χ2n) is 7.20. The van der Waals surface area contributed by atoms with Gasteiger partial charge in [-0.2, -0.15) is 0 Å². The molecule has 1 aliphatic rings. The van der Waals surface area contributed by atoms with E-state index in [4.69, 9.17) is 0 Å². The van der Waals surface area contributed by atoms with E-state index < -0.39 is 0 Å². The fourth-order valence-corrected chi connectivity index (χ4v) is 2.58. The monoisotopic (exact) mass is 284 g/mol. The van der Waals surface area contributed by atoms with Crippen molar-refractivity contribution < 1.29 is 14.5 Å². The van der Waals surface area contributed by atoms with E-state index >= 15 is 0 Å². The zero-order valence-corrected chi connectivity index (χ0v) is 13.6. The number of rotatable bonds is 4. The lowest BCUT2D eigenvalue weighted by Crippen LogP contribution is -3.11. The zero-order chi connectivity index (χ0) is 15.3. The third-order valence-electron chi connectivity index (χ3n) is 3.44. The van der Waals surface area contributed by atoms with Crippen molar-refractivity contribution in [3.05, 3.63) is 0 Å². The highest BCUT2D eigenvalue weighted by Gasteiger charge is 2.24. The Morgan fingerprint density at radius 1 is 1.30 bits per heavy atom. The van der Waals surface area contributed by atoms with E-state index in [9.17, 15) is 9.59 Å². The number of likely N-dealkylation sites (tertiary alicyclic amines) is 1. The Hall–Kier alpha value is -1.10. The van der Waals surface area contributed by atoms with Crippen LogP contribution >= 0.6 is 0 Å². The number of nitrogens with one attached hydrogen (secondary N) is 2. The van der Waals surface area contributed by atoms with Gasteiger partial charge in [0.25, 0.3) is 11.8 Å². The molecule has 2 atom stereocenters. The van der Waals surface area contributed by atoms with Crippen LogP contribution in [-0.2, 0) is 9.59 Å². The van der Waals surface area contributed by atoms with Gasteiger partial charge in [-0.3, -0.25) is 9.59 Å². The molecule has 1 heterocycles. The molecule has 0 aromatic rings. The lowest BCUT2D eigenvalue weighted by Gasteiger charge is -2.31. The van der Waals surface area contributed by atoms with Crippen LogP contribution in [0.2, 0.25) is 0 Å². The first-order chi connectivity index (χ1) is 9.17. The van der Waals surface area contributed by atoms with E-state index in [1.807, 2.05) is 32.7 Å². The predicted octanol–water partition coefficient (Wildman–Crippen LogP) is -0.326. The van der Waals surface area contributed by atoms with Gasteiger partial charge in [0, 0.05) is 18.6 Å². The molecular formula is C15H30N3O2+. The molecule has 5 nitrogen and oxygen atoms in total. The van der Waals surface area contributed by atoms with E-state index in [2.05, 4.69) is 12.2 Å². The number of quaternary nitrogens is 1. The predicted molar refractivity (Wildman–Crippen MR) is 79.5 cm³/mol. The van der Waals surface area contributed by atoms with Gasteiger partial charge in [0.2, 0.25) is 0 Å². The van der Waals surface area contributed by atoms with Crippen LogP contribution in [0.4, 0.5) is 0 Å². The second-order valence-corrected chi connectivity index (χ2v) is 7.20. The van der Waals surface area contributed by atoms with Crippen LogP contribution in [0.1, 0.15) is 40.5 Å². The van der Waals surface area contributed by atoms with Crippen molar-refractivity contribution in [3.63, 3.8) is 0 Å². The van der Waals surface area contributed by atoms with E-state index in [1.54, 1.807) is 0 Å². The largest absolute Gasteiger partial charge is 0.347 e. The number of hydrogen-bond acceptors (Lipinski definition) is 2. The lowest BCUT2D eigenvalue weighted by atomic mass is 10.0. The molecule has 1 rings (SSSR count). The summed E-state index contributed by atoms with van der Waals surface area (Å²) in [5.74, 6) is 0.754. The van der Waals surface area contributed by atoms with Gasteiger partial charge in [-0.15, -0.1) is 0 Å². The smallest absolute Gasteiger partial charge is 0.277 e. The van der Waals surface area contributed by atoms with Crippen LogP contribution in [0, 0.1) is 5.92 Å². The Morgan fingerprint density at radius 3 is 2.50 bits per heavy atom. The number of nitrogens with zero attached hydrogens (tertiary/aromatic N) is 1. The molecule has 116 valence electrons. The average Bonchev–Trinajstić information content (AvgIpc) is 2.25. The Balaban J connectivity index is 2.36. The van der Waals surface area contributed by atoms with Crippen LogP contribution < -0.4 is 10.2 Å². The molecule has 0 spiro atoms. The molecular weight excluding hydrogens is 254 g/mol. The van der Waals surface area contributed by atoms with Crippen LogP contribution in [-0.4, -0.2) is 55.5 Å². The molecule has 0 radical (unpaired) electrons. The topological polar surface area (TPSA) is 53.9 Å². The van der Waals surface area contributed by atoms with Gasteiger partial charge in [0.15, 0.2) is 13.1 Å². The van der Waals surface area contributed by atoms with Crippen LogP contribution in [0.15, 0.2) is 0 Å². The van der Waals surface area contributed by atoms with Gasteiger partial charge in [-0.25, -0.2) is 0 Å². The quantitative estimate of drug-likeness (QED) is 0.743. The first-order valence-corrected chi connectivity index (χ1v) is 7.57. The van der Waals surface area contributed by atoms with Gasteiger partial charge in [0.05, 0.1) is 7.05 Å². The molecule has 2 N–H and O–H groups in total. The molecule has 2 amide bonds. The van der Waals surface area contributed by atoms with Crippen molar-refractivity contribution in [1.82, 2.24) is 10.2 Å². The number of carbonyl (C=O) groups is 2. The third kappa shape index (κ3) is 6.37. The van der Waals surface area contributed by atoms with Crippen molar-refractivity contribution in [2.24, 2.45) is 5.92 Å². The lowest BCUT2D eigenvalue weighted by molar-refractivity contribution is -0.863. The summed E-state index contributed by atoms with van der Waals surface area (Å²) in [6.07, 6.45) is 2.30. The summed E-state index contributed by atoms with van der Waals surface area (Å²) in [6, 6.07) is 0. The van der Waals surface area contributed by atoms with Gasteiger partial charge < -0.3 is 15.1 Å². The molecule has 0 aromatic carbocycles. The Morgan fingerprint density at radius 2 is 1.95 bits per heavy atom. The van der Waals surface area contributed by atoms with Crippen molar-refractivity contribution in [2.45, 2.75) is 46.1 Å². The van der Waals surface area contributed by atoms with Crippen molar-refractivity contribution in [2.75, 3.05) is 33.2 Å². The molecule has 5 heteroatoms. The van der Waals surface area contributed by atoms with Crippen molar-refractivity contribution in [1.29, 1.82) is 0 Å². The number of piperidine rings is 1. The number of amides is 2. The summed E-state index contributed by atoms with van der Waals surface area (Å²) in [6.45, 7) is 10.5. The summed E-state index contributed by atoms with van der Waals surface area (Å²) < 4.78 is 0. The third-order valence-corrected chi connectivity index (χ3v) is 3.44. The van der Waals surface area contributed by atoms with Crippen molar-refractivity contribution in [3.8, 4) is 0 Å². The standard InChI is InChI=1S/C15H29N3O2/c1-12-7-6-8-18(9-12)14(20)11-17(5)10-13(19)16-15(2,3)4/h12H,6-11H2,1-5H3,(H,16,19)/p+1/t12-/m1/s1. The molecule has 1 unspecified atom stereocenters. The Labute approximate surface area is 122 Å². The average molecular weight is 284 g/mol. The molecule has 0 aliphatic carbocycles. The Bertz CT molecular complexity index is 350. The number of carbonyl (C=O) groups excluding carboxylic acids is 2. The maximum absolute atomic E-state index is 12.2. The molecule has 0 aromatic heterocycles. The first-order valence-electron chi connectivity index (χ1n) is 7.57. The van der Waals surface area contributed by atoms with Crippen LogP contribution in [0.25, 0.3) is 0 Å². The van der Waals surface area contributed by atoms with E-state index in [1.165, 1.54) is 6.42 Å². The van der Waals surface area contributed by atoms with Crippen LogP contribution in [0.3, 0.4) is 0 Å². The zero-order valence-electron chi connectivity index (χ0n) is 13.6. The van der Waals surface area contributed by atoms with E-state index in [0.29, 0.717) is 19.0 Å². The minimum Gasteiger partial charge on any atom is -0.347 e. The molecule has 0 saturated carbocycles. The molecule has 20 heavy (non-hydrogen) atoms. The minimum absolute atomic E-state index is 0.00480. The normalized spacial score (nSPS) is 21.4. The highest BCUT2D eigenvalue weighted by Crippen LogP contribution is 2.14. The maximum Gasteiger partial charge on any atom is 0.277 e. The van der Waals surface area contributed by atoms with Gasteiger partial charge in [-0.05, 0) is 39.5 Å². The minimum atomic E-state index is -0.219. The summed E-state index contributed by atoms with van der Waals surface area (Å²) in [4.78, 5) is 26.9. The molecule has 0 bridgehead atoms. The molecule has 1 fully saturated rings. The molecule has 1 aliphatic heterocycles. The number of likely N-dealkylation sites (N-methyl/N-ethyl adjacent to an activating group) is 1. The fourth-order valence-electron chi connectivity index (χ4n) is 2.58. The second kappa shape index (κ2) is 7.07. The number of hydrogen-bond donors (Lipinski definition) is 2. The summed E-state index contributed by atoms with van der Waals surface area (Å²) in [5.41, 5.74) is -0.219.